The van der Waals surface area contributed by atoms with E-state index in [2.05, 4.69) is 30.5 Å². The number of aliphatic hydroxyl groups excluding tert-OH is 2. The Kier molecular flexibility index (Phi) is 7.85. The average Bonchev–Trinajstić information content (AvgIpc) is 3.25. The Morgan fingerprint density at radius 2 is 1.59 bits per heavy atom. The van der Waals surface area contributed by atoms with Crippen LogP contribution in [0, 0.1) is 5.41 Å². The number of aliphatic carboxylic acids is 1. The zero-order valence-electron chi connectivity index (χ0n) is 19.3. The van der Waals surface area contributed by atoms with Crippen molar-refractivity contribution in [3.63, 3.8) is 0 Å². The van der Waals surface area contributed by atoms with Crippen LogP contribution in [0.1, 0.15) is 25.2 Å². The molecule has 1 aliphatic heterocycles. The normalized spacial score (nSPS) is 14.3. The van der Waals surface area contributed by atoms with Gasteiger partial charge in [-0.1, -0.05) is 67.9 Å². The van der Waals surface area contributed by atoms with Gasteiger partial charge in [0.2, 0.25) is 0 Å². The van der Waals surface area contributed by atoms with Crippen LogP contribution >= 0.6 is 11.6 Å². The van der Waals surface area contributed by atoms with Crippen LogP contribution in [0.4, 0.5) is 0 Å². The molecule has 0 saturated carbocycles. The summed E-state index contributed by atoms with van der Waals surface area (Å²) in [5.74, 6) is -0.810. The van der Waals surface area contributed by atoms with E-state index in [1.807, 2.05) is 42.5 Å². The number of benzene rings is 2. The van der Waals surface area contributed by atoms with Gasteiger partial charge in [-0.2, -0.15) is 0 Å². The number of nitrogens with two attached hydrogens (primary N) is 1. The van der Waals surface area contributed by atoms with Crippen molar-refractivity contribution in [2.75, 3.05) is 13.2 Å². The van der Waals surface area contributed by atoms with Crippen LogP contribution in [-0.4, -0.2) is 49.9 Å². The van der Waals surface area contributed by atoms with Gasteiger partial charge in [-0.15, -0.1) is 0 Å². The summed E-state index contributed by atoms with van der Waals surface area (Å²) < 4.78 is 2.24. The van der Waals surface area contributed by atoms with Gasteiger partial charge in [0.05, 0.1) is 19.6 Å². The molecule has 1 aliphatic rings. The molecule has 4 rings (SSSR count). The molecule has 0 aliphatic carbocycles. The maximum absolute atomic E-state index is 11.7. The van der Waals surface area contributed by atoms with E-state index >= 15 is 0 Å². The average molecular weight is 487 g/mol. The number of fused-ring (bicyclic) bond motifs is 1. The summed E-state index contributed by atoms with van der Waals surface area (Å²) in [4.78, 5) is 11.7. The molecule has 0 atom stereocenters. The quantitative estimate of drug-likeness (QED) is 0.340. The van der Waals surface area contributed by atoms with Gasteiger partial charge in [0.1, 0.15) is 0 Å². The molecular formula is C26H31ClN2O5. The number of rotatable bonds is 6. The molecule has 0 unspecified atom stereocenters. The van der Waals surface area contributed by atoms with Gasteiger partial charge in [-0.3, -0.25) is 10.5 Å². The maximum Gasteiger partial charge on any atom is 0.309 e. The summed E-state index contributed by atoms with van der Waals surface area (Å²) in [5, 5.41) is 34.8. The highest BCUT2D eigenvalue weighted by Crippen LogP contribution is 2.47. The predicted octanol–water partition coefficient (Wildman–Crippen LogP) is 3.30. The second-order valence-electron chi connectivity index (χ2n) is 9.43. The second-order valence-corrected chi connectivity index (χ2v) is 9.87. The lowest BCUT2D eigenvalue weighted by Crippen LogP contribution is -2.46. The summed E-state index contributed by atoms with van der Waals surface area (Å²) in [7, 11) is 0. The van der Waals surface area contributed by atoms with E-state index in [0.717, 1.165) is 40.9 Å². The van der Waals surface area contributed by atoms with Crippen molar-refractivity contribution in [3.8, 4) is 22.3 Å². The van der Waals surface area contributed by atoms with E-state index in [1.165, 1.54) is 5.69 Å². The Hall–Kier alpha value is -2.68. The molecule has 0 amide bonds. The zero-order chi connectivity index (χ0) is 25.1. The van der Waals surface area contributed by atoms with Crippen LogP contribution in [0.25, 0.3) is 22.3 Å². The number of carbonyl (C=O) groups is 1. The first kappa shape index (κ1) is 25.9. The third-order valence-corrected chi connectivity index (χ3v) is 6.02. The molecule has 2 heterocycles. The van der Waals surface area contributed by atoms with Gasteiger partial charge >= 0.3 is 5.97 Å². The van der Waals surface area contributed by atoms with Crippen molar-refractivity contribution < 1.29 is 25.2 Å². The smallest absolute Gasteiger partial charge is 0.309 e. The minimum absolute atomic E-state index is 0.00781. The number of carboxylic acids is 1. The summed E-state index contributed by atoms with van der Waals surface area (Å²) in [6.07, 6.45) is 0.936. The van der Waals surface area contributed by atoms with Gasteiger partial charge in [-0.25, -0.2) is 0 Å². The summed E-state index contributed by atoms with van der Waals surface area (Å²) in [6.45, 7) is 4.06. The highest BCUT2D eigenvalue weighted by molar-refractivity contribution is 6.30. The predicted molar refractivity (Wildman–Crippen MR) is 132 cm³/mol. The Labute approximate surface area is 204 Å². The van der Waals surface area contributed by atoms with Crippen molar-refractivity contribution in [2.24, 2.45) is 11.1 Å². The first-order valence-corrected chi connectivity index (χ1v) is 11.4. The molecule has 8 heteroatoms. The topological polar surface area (TPSA) is 129 Å². The molecule has 0 fully saturated rings. The molecule has 1 aromatic heterocycles. The molecule has 2 aromatic carbocycles. The standard InChI is InChI=1S/C23H22ClNO2.C3H9NO3/c1-23(2)13-19-22(15-6-4-3-5-7-15)21(16-8-10-17(24)11-9-16)18(12-20(26)27)25(19)14-23;4-3(7,1-5)2-6/h3-11H,12-14H2,1-2H3,(H,26,27);5-7H,1-2,4H2. The number of aromatic nitrogens is 1. The van der Waals surface area contributed by atoms with E-state index in [9.17, 15) is 9.90 Å². The number of aliphatic hydroxyl groups is 3. The highest BCUT2D eigenvalue weighted by Gasteiger charge is 2.36. The number of nitrogens with zero attached hydrogens (tertiary/aromatic N) is 1. The zero-order valence-corrected chi connectivity index (χ0v) is 20.1. The van der Waals surface area contributed by atoms with Crippen molar-refractivity contribution in [3.05, 3.63) is 71.0 Å². The fourth-order valence-corrected chi connectivity index (χ4v) is 4.38. The largest absolute Gasteiger partial charge is 0.481 e. The molecule has 0 bridgehead atoms. The van der Waals surface area contributed by atoms with Gasteiger partial charge in [0, 0.05) is 34.1 Å². The molecule has 182 valence electrons. The highest BCUT2D eigenvalue weighted by atomic mass is 35.5. The molecule has 7 nitrogen and oxygen atoms in total. The Bertz CT molecular complexity index is 1130. The third kappa shape index (κ3) is 5.87. The molecule has 3 aromatic rings. The van der Waals surface area contributed by atoms with Crippen LogP contribution in [0.5, 0.6) is 0 Å². The number of halogens is 1. The van der Waals surface area contributed by atoms with Gasteiger partial charge in [0.15, 0.2) is 5.72 Å². The van der Waals surface area contributed by atoms with Gasteiger partial charge in [-0.05, 0) is 35.1 Å². The summed E-state index contributed by atoms with van der Waals surface area (Å²) >= 11 is 6.09. The van der Waals surface area contributed by atoms with Crippen molar-refractivity contribution in [1.82, 2.24) is 4.57 Å². The van der Waals surface area contributed by atoms with Crippen molar-refractivity contribution >= 4 is 17.6 Å². The molecule has 0 radical (unpaired) electrons. The molecule has 0 saturated heterocycles. The fourth-order valence-electron chi connectivity index (χ4n) is 4.25. The molecule has 6 N–H and O–H groups in total. The summed E-state index contributed by atoms with van der Waals surface area (Å²) in [6, 6.07) is 18.0. The lowest BCUT2D eigenvalue weighted by molar-refractivity contribution is -0.136. The molecule has 0 spiro atoms. The minimum atomic E-state index is -1.81. The van der Waals surface area contributed by atoms with E-state index in [1.54, 1.807) is 0 Å². The first-order chi connectivity index (χ1) is 16.0. The minimum Gasteiger partial charge on any atom is -0.481 e. The van der Waals surface area contributed by atoms with E-state index < -0.39 is 24.9 Å². The maximum atomic E-state index is 11.7. The summed E-state index contributed by atoms with van der Waals surface area (Å²) in [5.41, 5.74) is 9.49. The third-order valence-electron chi connectivity index (χ3n) is 5.77. The van der Waals surface area contributed by atoms with Crippen LogP contribution in [0.3, 0.4) is 0 Å². The fraction of sp³-hybridized carbons (Fsp3) is 0.346. The van der Waals surface area contributed by atoms with E-state index in [4.69, 9.17) is 32.7 Å². The number of carboxylic acid groups (broad SMARTS) is 1. The Morgan fingerprint density at radius 3 is 2.09 bits per heavy atom. The van der Waals surface area contributed by atoms with Crippen molar-refractivity contribution in [1.29, 1.82) is 0 Å². The van der Waals surface area contributed by atoms with Crippen molar-refractivity contribution in [2.45, 2.75) is 39.0 Å². The van der Waals surface area contributed by atoms with E-state index in [0.29, 0.717) is 5.02 Å². The SMILES string of the molecule is CC1(C)Cc2c(-c3ccccc3)c(-c3ccc(Cl)cc3)c(CC(=O)O)n2C1.NC(O)(CO)CO. The van der Waals surface area contributed by atoms with E-state index in [-0.39, 0.29) is 11.8 Å². The number of hydrogen-bond donors (Lipinski definition) is 5. The second kappa shape index (κ2) is 10.3. The molecular weight excluding hydrogens is 456 g/mol. The van der Waals surface area contributed by atoms with Crippen LogP contribution in [0.15, 0.2) is 54.6 Å². The lowest BCUT2D eigenvalue weighted by atomic mass is 9.86. The monoisotopic (exact) mass is 486 g/mol. The van der Waals surface area contributed by atoms with Crippen LogP contribution < -0.4 is 5.73 Å². The van der Waals surface area contributed by atoms with Crippen LogP contribution in [0.2, 0.25) is 5.02 Å². The van der Waals surface area contributed by atoms with Gasteiger partial charge < -0.3 is 25.0 Å². The lowest BCUT2D eigenvalue weighted by Gasteiger charge is -2.18. The Morgan fingerprint density at radius 1 is 1.03 bits per heavy atom. The first-order valence-electron chi connectivity index (χ1n) is 11.0. The Balaban J connectivity index is 0.000000406. The van der Waals surface area contributed by atoms with Gasteiger partial charge in [0.25, 0.3) is 0 Å². The number of hydrogen-bond acceptors (Lipinski definition) is 5. The van der Waals surface area contributed by atoms with Crippen LogP contribution in [-0.2, 0) is 24.2 Å². The molecule has 34 heavy (non-hydrogen) atoms.